The number of likely N-dealkylation sites (tertiary alicyclic amines) is 1. The van der Waals surface area contributed by atoms with Crippen LogP contribution in [0.15, 0.2) is 42.5 Å². The number of ether oxygens (including phenoxy) is 1. The minimum atomic E-state index is -1.03. The summed E-state index contributed by atoms with van der Waals surface area (Å²) in [5.41, 5.74) is 0.0253. The van der Waals surface area contributed by atoms with Crippen molar-refractivity contribution in [1.82, 2.24) is 4.90 Å². The summed E-state index contributed by atoms with van der Waals surface area (Å²) >= 11 is 0. The van der Waals surface area contributed by atoms with E-state index < -0.39 is 23.1 Å². The zero-order valence-electron chi connectivity index (χ0n) is 15.0. The number of fused-ring (bicyclic) bond motifs is 1. The number of nitrogens with zero attached hydrogens (tertiary/aromatic N) is 1. The lowest BCUT2D eigenvalue weighted by molar-refractivity contribution is -0.157. The highest BCUT2D eigenvalue weighted by molar-refractivity contribution is 5.96. The van der Waals surface area contributed by atoms with Crippen LogP contribution in [0, 0.1) is 23.0 Å². The molecule has 2 atom stereocenters. The molecule has 7 heteroatoms. The maximum atomic E-state index is 14.7. The molecule has 0 aliphatic carbocycles. The molecule has 0 bridgehead atoms. The van der Waals surface area contributed by atoms with Crippen LogP contribution >= 0.6 is 0 Å². The second kappa shape index (κ2) is 6.98. The summed E-state index contributed by atoms with van der Waals surface area (Å²) in [7, 11) is 0. The van der Waals surface area contributed by atoms with Crippen molar-refractivity contribution in [3.63, 3.8) is 0 Å². The molecule has 2 aliphatic heterocycles. The predicted molar refractivity (Wildman–Crippen MR) is 96.7 cm³/mol. The van der Waals surface area contributed by atoms with Crippen LogP contribution in [-0.4, -0.2) is 48.2 Å². The number of benzene rings is 2. The molecule has 2 heterocycles. The van der Waals surface area contributed by atoms with Crippen LogP contribution in [0.2, 0.25) is 0 Å². The van der Waals surface area contributed by atoms with Crippen molar-refractivity contribution in [1.29, 1.82) is 0 Å². The molecule has 0 spiro atoms. The number of carboxylic acids is 1. The Bertz CT molecular complexity index is 931. The van der Waals surface area contributed by atoms with Gasteiger partial charge in [0.25, 0.3) is 5.91 Å². The van der Waals surface area contributed by atoms with Crippen molar-refractivity contribution in [3.8, 4) is 11.1 Å². The van der Waals surface area contributed by atoms with Crippen molar-refractivity contribution in [2.75, 3.05) is 26.3 Å². The Kier molecular flexibility index (Phi) is 4.63. The number of halogens is 2. The van der Waals surface area contributed by atoms with Gasteiger partial charge in [0.2, 0.25) is 0 Å². The van der Waals surface area contributed by atoms with Gasteiger partial charge >= 0.3 is 5.97 Å². The summed E-state index contributed by atoms with van der Waals surface area (Å²) in [5.74, 6) is -2.85. The number of carboxylic acid groups (broad SMARTS) is 1. The second-order valence-corrected chi connectivity index (χ2v) is 7.37. The highest BCUT2D eigenvalue weighted by atomic mass is 19.1. The van der Waals surface area contributed by atoms with Gasteiger partial charge in [0.1, 0.15) is 11.6 Å². The molecule has 0 saturated carbocycles. The SMILES string of the molecule is O=C(c1ccc(-c2ccc(F)cc2)cc1F)N1C[C@H]2COCC[C@@]2(C(=O)O)C1. The molecular formula is C21H19F2NO4. The first-order valence-corrected chi connectivity index (χ1v) is 9.06. The average Bonchev–Trinajstić information content (AvgIpc) is 3.09. The van der Waals surface area contributed by atoms with Gasteiger partial charge in [-0.15, -0.1) is 0 Å². The lowest BCUT2D eigenvalue weighted by Gasteiger charge is -2.33. The Morgan fingerprint density at radius 1 is 1.11 bits per heavy atom. The molecule has 2 aromatic rings. The fraction of sp³-hybridized carbons (Fsp3) is 0.333. The average molecular weight is 387 g/mol. The molecule has 2 saturated heterocycles. The van der Waals surface area contributed by atoms with Crippen LogP contribution in [0.1, 0.15) is 16.8 Å². The standard InChI is InChI=1S/C21H19F2NO4/c22-16-4-1-13(2-5-16)14-3-6-17(18(23)9-14)19(25)24-10-15-11-28-8-7-21(15,12-24)20(26)27/h1-6,9,15H,7-8,10-12H2,(H,26,27)/t15-,21+/m0/s1. The van der Waals surface area contributed by atoms with Crippen LogP contribution in [0.25, 0.3) is 11.1 Å². The molecule has 146 valence electrons. The van der Waals surface area contributed by atoms with Crippen molar-refractivity contribution in [2.45, 2.75) is 6.42 Å². The van der Waals surface area contributed by atoms with Gasteiger partial charge in [-0.3, -0.25) is 9.59 Å². The second-order valence-electron chi connectivity index (χ2n) is 7.37. The highest BCUT2D eigenvalue weighted by Crippen LogP contribution is 2.43. The molecule has 0 radical (unpaired) electrons. The molecule has 5 nitrogen and oxygen atoms in total. The number of amides is 1. The molecule has 2 fully saturated rings. The Hall–Kier alpha value is -2.80. The maximum absolute atomic E-state index is 14.7. The lowest BCUT2D eigenvalue weighted by atomic mass is 9.74. The number of hydrogen-bond donors (Lipinski definition) is 1. The zero-order chi connectivity index (χ0) is 19.9. The normalized spacial score (nSPS) is 24.1. The van der Waals surface area contributed by atoms with Crippen LogP contribution in [-0.2, 0) is 9.53 Å². The van der Waals surface area contributed by atoms with E-state index in [9.17, 15) is 23.5 Å². The predicted octanol–water partition coefficient (Wildman–Crippen LogP) is 3.20. The number of carbonyl (C=O) groups is 2. The Morgan fingerprint density at radius 2 is 1.82 bits per heavy atom. The minimum absolute atomic E-state index is 0.0499. The first kappa shape index (κ1) is 18.6. The fourth-order valence-electron chi connectivity index (χ4n) is 4.13. The van der Waals surface area contributed by atoms with Gasteiger partial charge in [-0.1, -0.05) is 18.2 Å². The van der Waals surface area contributed by atoms with Gasteiger partial charge in [-0.05, 0) is 41.8 Å². The first-order chi connectivity index (χ1) is 13.4. The maximum Gasteiger partial charge on any atom is 0.311 e. The van der Waals surface area contributed by atoms with Crippen molar-refractivity contribution < 1.29 is 28.2 Å². The summed E-state index contributed by atoms with van der Waals surface area (Å²) in [6, 6.07) is 9.86. The van der Waals surface area contributed by atoms with Crippen molar-refractivity contribution in [3.05, 3.63) is 59.7 Å². The van der Waals surface area contributed by atoms with Crippen molar-refractivity contribution in [2.24, 2.45) is 11.3 Å². The number of hydrogen-bond acceptors (Lipinski definition) is 3. The summed E-state index contributed by atoms with van der Waals surface area (Å²) in [6.45, 7) is 0.895. The van der Waals surface area contributed by atoms with E-state index in [0.717, 1.165) is 0 Å². The van der Waals surface area contributed by atoms with Gasteiger partial charge in [-0.25, -0.2) is 8.78 Å². The summed E-state index contributed by atoms with van der Waals surface area (Å²) in [6.07, 6.45) is 0.336. The Labute approximate surface area is 160 Å². The molecule has 2 aliphatic rings. The third-order valence-electron chi connectivity index (χ3n) is 5.80. The Balaban J connectivity index is 1.58. The van der Waals surface area contributed by atoms with Gasteiger partial charge in [0.15, 0.2) is 0 Å². The minimum Gasteiger partial charge on any atom is -0.481 e. The Morgan fingerprint density at radius 3 is 2.46 bits per heavy atom. The van der Waals surface area contributed by atoms with E-state index in [2.05, 4.69) is 0 Å². The van der Waals surface area contributed by atoms with E-state index in [-0.39, 0.29) is 37.0 Å². The number of aliphatic carboxylic acids is 1. The molecule has 0 aromatic heterocycles. The summed E-state index contributed by atoms with van der Waals surface area (Å²) < 4.78 is 33.1. The number of carbonyl (C=O) groups excluding carboxylic acids is 1. The fourth-order valence-corrected chi connectivity index (χ4v) is 4.13. The molecule has 4 rings (SSSR count). The largest absolute Gasteiger partial charge is 0.481 e. The zero-order valence-corrected chi connectivity index (χ0v) is 15.0. The third kappa shape index (κ3) is 3.05. The van der Waals surface area contributed by atoms with E-state index >= 15 is 0 Å². The van der Waals surface area contributed by atoms with Gasteiger partial charge < -0.3 is 14.7 Å². The molecule has 1 amide bonds. The van der Waals surface area contributed by atoms with Crippen LogP contribution in [0.4, 0.5) is 8.78 Å². The summed E-state index contributed by atoms with van der Waals surface area (Å²) in [5, 5.41) is 9.71. The summed E-state index contributed by atoms with van der Waals surface area (Å²) in [4.78, 5) is 26.1. The smallest absolute Gasteiger partial charge is 0.311 e. The van der Waals surface area contributed by atoms with Gasteiger partial charge in [0, 0.05) is 25.6 Å². The first-order valence-electron chi connectivity index (χ1n) is 9.06. The third-order valence-corrected chi connectivity index (χ3v) is 5.80. The molecular weight excluding hydrogens is 368 g/mol. The molecule has 28 heavy (non-hydrogen) atoms. The topological polar surface area (TPSA) is 66.8 Å². The van der Waals surface area contributed by atoms with Gasteiger partial charge in [0.05, 0.1) is 17.6 Å². The monoisotopic (exact) mass is 387 g/mol. The van der Waals surface area contributed by atoms with E-state index in [0.29, 0.717) is 24.2 Å². The molecule has 0 unspecified atom stereocenters. The van der Waals surface area contributed by atoms with Gasteiger partial charge in [-0.2, -0.15) is 0 Å². The van der Waals surface area contributed by atoms with Crippen LogP contribution in [0.3, 0.4) is 0 Å². The van der Waals surface area contributed by atoms with E-state index in [4.69, 9.17) is 4.74 Å². The quantitative estimate of drug-likeness (QED) is 0.878. The molecule has 2 aromatic carbocycles. The van der Waals surface area contributed by atoms with Crippen LogP contribution in [0.5, 0.6) is 0 Å². The van der Waals surface area contributed by atoms with E-state index in [1.54, 1.807) is 6.07 Å². The molecule has 1 N–H and O–H groups in total. The van der Waals surface area contributed by atoms with Crippen LogP contribution < -0.4 is 0 Å². The lowest BCUT2D eigenvalue weighted by Crippen LogP contribution is -2.45. The number of rotatable bonds is 3. The highest BCUT2D eigenvalue weighted by Gasteiger charge is 2.55. The van der Waals surface area contributed by atoms with Crippen molar-refractivity contribution >= 4 is 11.9 Å². The van der Waals surface area contributed by atoms with E-state index in [1.165, 1.54) is 41.3 Å². The van der Waals surface area contributed by atoms with E-state index in [1.807, 2.05) is 0 Å².